The number of carbonyl (C=O) groups is 1. The van der Waals surface area contributed by atoms with Crippen molar-refractivity contribution in [3.05, 3.63) is 60.8 Å². The minimum Gasteiger partial charge on any atom is -0.464 e. The van der Waals surface area contributed by atoms with Gasteiger partial charge in [0.2, 0.25) is 0 Å². The molecule has 1 atom stereocenters. The Kier molecular flexibility index (Phi) is 18.1. The van der Waals surface area contributed by atoms with Gasteiger partial charge in [0.1, 0.15) is 0 Å². The van der Waals surface area contributed by atoms with E-state index >= 15 is 0 Å². The van der Waals surface area contributed by atoms with Gasteiger partial charge in [-0.3, -0.25) is 0 Å². The van der Waals surface area contributed by atoms with Crippen LogP contribution in [0.2, 0.25) is 0 Å². The number of esters is 1. The molecule has 0 radical (unpaired) electrons. The summed E-state index contributed by atoms with van der Waals surface area (Å²) in [6.07, 6.45) is 27.8. The molecule has 26 heavy (non-hydrogen) atoms. The van der Waals surface area contributed by atoms with Crippen molar-refractivity contribution in [2.24, 2.45) is 0 Å². The maximum absolute atomic E-state index is 11.6. The highest BCUT2D eigenvalue weighted by atomic mass is 16.6. The Hall–Kier alpha value is -1.87. The lowest BCUT2D eigenvalue weighted by atomic mass is 10.2. The van der Waals surface area contributed by atoms with Crippen molar-refractivity contribution in [2.45, 2.75) is 64.9 Å². The molecule has 3 nitrogen and oxygen atoms in total. The molecule has 0 aliphatic rings. The molecule has 0 aliphatic carbocycles. The molecule has 0 heterocycles. The maximum atomic E-state index is 11.6. The topological polar surface area (TPSA) is 35.5 Å². The van der Waals surface area contributed by atoms with Gasteiger partial charge in [0.15, 0.2) is 6.10 Å². The van der Waals surface area contributed by atoms with E-state index in [-0.39, 0.29) is 5.97 Å². The average molecular weight is 361 g/mol. The van der Waals surface area contributed by atoms with Gasteiger partial charge in [0, 0.05) is 13.5 Å². The Bertz CT molecular complexity index is 470. The van der Waals surface area contributed by atoms with Crippen LogP contribution in [0.3, 0.4) is 0 Å². The number of methoxy groups -OCH3 is 1. The van der Waals surface area contributed by atoms with Gasteiger partial charge >= 0.3 is 5.97 Å². The summed E-state index contributed by atoms with van der Waals surface area (Å²) in [5.41, 5.74) is 0. The van der Waals surface area contributed by atoms with Gasteiger partial charge in [0.25, 0.3) is 0 Å². The molecule has 0 bridgehead atoms. The molecular formula is C23H36O3. The molecule has 0 aliphatic heterocycles. The van der Waals surface area contributed by atoms with Crippen molar-refractivity contribution in [3.8, 4) is 0 Å². The van der Waals surface area contributed by atoms with Crippen LogP contribution < -0.4 is 0 Å². The summed E-state index contributed by atoms with van der Waals surface area (Å²) in [5, 5.41) is 0. The van der Waals surface area contributed by atoms with Crippen molar-refractivity contribution in [1.29, 1.82) is 0 Å². The van der Waals surface area contributed by atoms with E-state index in [0.717, 1.165) is 38.5 Å². The van der Waals surface area contributed by atoms with E-state index in [1.165, 1.54) is 7.11 Å². The molecule has 0 aromatic carbocycles. The molecule has 0 saturated heterocycles. The molecule has 1 unspecified atom stereocenters. The van der Waals surface area contributed by atoms with Crippen molar-refractivity contribution in [1.82, 2.24) is 0 Å². The van der Waals surface area contributed by atoms with Crippen LogP contribution in [0.25, 0.3) is 0 Å². The molecule has 3 heteroatoms. The maximum Gasteiger partial charge on any atom is 0.335 e. The number of rotatable bonds is 15. The monoisotopic (exact) mass is 360 g/mol. The number of carbonyl (C=O) groups excluding carboxylic acids is 1. The third-order valence-corrected chi connectivity index (χ3v) is 3.57. The van der Waals surface area contributed by atoms with Gasteiger partial charge in [-0.05, 0) is 45.4 Å². The van der Waals surface area contributed by atoms with Crippen LogP contribution in [0, 0.1) is 0 Å². The summed E-state index contributed by atoms with van der Waals surface area (Å²) in [6.45, 7) is 4.33. The zero-order valence-electron chi connectivity index (χ0n) is 16.7. The van der Waals surface area contributed by atoms with Gasteiger partial charge in [-0.1, -0.05) is 67.7 Å². The van der Waals surface area contributed by atoms with Gasteiger partial charge in [-0.15, -0.1) is 0 Å². The van der Waals surface area contributed by atoms with Crippen molar-refractivity contribution in [3.63, 3.8) is 0 Å². The fourth-order valence-electron chi connectivity index (χ4n) is 2.15. The Morgan fingerprint density at radius 2 is 1.27 bits per heavy atom. The lowest BCUT2D eigenvalue weighted by Crippen LogP contribution is -2.24. The molecule has 0 N–H and O–H groups in total. The molecule has 0 fully saturated rings. The quantitative estimate of drug-likeness (QED) is 0.201. The predicted octanol–water partition coefficient (Wildman–Crippen LogP) is 6.10. The Balaban J connectivity index is 3.70. The largest absolute Gasteiger partial charge is 0.464 e. The SMILES string of the molecule is CCC=CCC=CCC=CCC=CCCC=CCC(OC)C(=O)OCC. The van der Waals surface area contributed by atoms with Gasteiger partial charge in [0.05, 0.1) is 6.61 Å². The Labute approximate surface area is 160 Å². The fourth-order valence-corrected chi connectivity index (χ4v) is 2.15. The standard InChI is InChI=1S/C23H36O3/c1-4-6-7-8-9-10-11-12-13-14-15-16-17-18-19-20-21-22(25-3)23(24)26-5-2/h6-7,9-10,12-13,15-16,19-20,22H,4-5,8,11,14,17-18,21H2,1-3H3. The van der Waals surface area contributed by atoms with Crippen LogP contribution in [-0.2, 0) is 14.3 Å². The van der Waals surface area contributed by atoms with E-state index in [0.29, 0.717) is 13.0 Å². The highest BCUT2D eigenvalue weighted by Crippen LogP contribution is 2.03. The third-order valence-electron chi connectivity index (χ3n) is 3.57. The smallest absolute Gasteiger partial charge is 0.335 e. The van der Waals surface area contributed by atoms with E-state index in [1.54, 1.807) is 6.92 Å². The zero-order valence-corrected chi connectivity index (χ0v) is 16.7. The van der Waals surface area contributed by atoms with E-state index in [2.05, 4.69) is 61.6 Å². The van der Waals surface area contributed by atoms with E-state index < -0.39 is 6.10 Å². The fraction of sp³-hybridized carbons (Fsp3) is 0.522. The number of ether oxygens (including phenoxy) is 2. The second-order valence-corrected chi connectivity index (χ2v) is 5.76. The van der Waals surface area contributed by atoms with Crippen molar-refractivity contribution in [2.75, 3.05) is 13.7 Å². The van der Waals surface area contributed by atoms with Crippen LogP contribution in [0.4, 0.5) is 0 Å². The van der Waals surface area contributed by atoms with Crippen molar-refractivity contribution < 1.29 is 14.3 Å². The molecular weight excluding hydrogens is 324 g/mol. The number of hydrogen-bond acceptors (Lipinski definition) is 3. The van der Waals surface area contributed by atoms with E-state index in [9.17, 15) is 4.79 Å². The zero-order chi connectivity index (χ0) is 19.3. The highest BCUT2D eigenvalue weighted by molar-refractivity contribution is 5.74. The second kappa shape index (κ2) is 19.5. The van der Waals surface area contributed by atoms with Crippen LogP contribution in [-0.4, -0.2) is 25.8 Å². The van der Waals surface area contributed by atoms with Gasteiger partial charge < -0.3 is 9.47 Å². The normalized spacial score (nSPS) is 13.8. The predicted molar refractivity (Wildman–Crippen MR) is 111 cm³/mol. The Morgan fingerprint density at radius 1 is 0.769 bits per heavy atom. The summed E-state index contributed by atoms with van der Waals surface area (Å²) < 4.78 is 10.1. The number of allylic oxidation sites excluding steroid dienone is 9. The van der Waals surface area contributed by atoms with Crippen LogP contribution in [0.5, 0.6) is 0 Å². The van der Waals surface area contributed by atoms with E-state index in [1.807, 2.05) is 6.08 Å². The molecule has 0 saturated carbocycles. The molecule has 0 rings (SSSR count). The summed E-state index contributed by atoms with van der Waals surface area (Å²) in [5.74, 6) is -0.293. The minimum atomic E-state index is -0.497. The molecule has 146 valence electrons. The second-order valence-electron chi connectivity index (χ2n) is 5.76. The van der Waals surface area contributed by atoms with Crippen molar-refractivity contribution >= 4 is 5.97 Å². The van der Waals surface area contributed by atoms with Gasteiger partial charge in [-0.25, -0.2) is 4.79 Å². The van der Waals surface area contributed by atoms with Crippen LogP contribution in [0.15, 0.2) is 60.8 Å². The summed E-state index contributed by atoms with van der Waals surface area (Å²) in [7, 11) is 1.53. The first-order valence-corrected chi connectivity index (χ1v) is 9.70. The summed E-state index contributed by atoms with van der Waals surface area (Å²) >= 11 is 0. The number of unbranched alkanes of at least 4 members (excludes halogenated alkanes) is 1. The van der Waals surface area contributed by atoms with Gasteiger partial charge in [-0.2, -0.15) is 0 Å². The molecule has 0 aromatic rings. The summed E-state index contributed by atoms with van der Waals surface area (Å²) in [4.78, 5) is 11.6. The van der Waals surface area contributed by atoms with E-state index in [4.69, 9.17) is 9.47 Å². The third kappa shape index (κ3) is 15.6. The van der Waals surface area contributed by atoms with Crippen LogP contribution in [0.1, 0.15) is 58.8 Å². The molecule has 0 aromatic heterocycles. The average Bonchev–Trinajstić information content (AvgIpc) is 2.64. The Morgan fingerprint density at radius 3 is 1.77 bits per heavy atom. The first-order valence-electron chi connectivity index (χ1n) is 9.70. The lowest BCUT2D eigenvalue weighted by Gasteiger charge is -2.11. The first kappa shape index (κ1) is 24.1. The first-order chi connectivity index (χ1) is 12.8. The van der Waals surface area contributed by atoms with Crippen LogP contribution >= 0.6 is 0 Å². The highest BCUT2D eigenvalue weighted by Gasteiger charge is 2.16. The lowest BCUT2D eigenvalue weighted by molar-refractivity contribution is -0.154. The molecule has 0 spiro atoms. The minimum absolute atomic E-state index is 0.293. The molecule has 0 amide bonds. The summed E-state index contributed by atoms with van der Waals surface area (Å²) in [6, 6.07) is 0. The number of hydrogen-bond donors (Lipinski definition) is 0.